The summed E-state index contributed by atoms with van der Waals surface area (Å²) in [6.07, 6.45) is 5.79. The van der Waals surface area contributed by atoms with E-state index in [1.54, 1.807) is 12.1 Å². The van der Waals surface area contributed by atoms with Gasteiger partial charge in [-0.05, 0) is 66.4 Å². The second-order valence-electron chi connectivity index (χ2n) is 5.82. The smallest absolute Gasteiger partial charge is 0.262 e. The van der Waals surface area contributed by atoms with Gasteiger partial charge in [0.05, 0.1) is 17.7 Å². The maximum atomic E-state index is 12.3. The number of amides is 1. The fraction of sp³-hybridized carbons (Fsp3) is 0.474. The second-order valence-corrected chi connectivity index (χ2v) is 6.68. The number of nitrogens with zero attached hydrogens (tertiary/aromatic N) is 1. The minimum atomic E-state index is -0.322. The molecule has 0 aliphatic heterocycles. The summed E-state index contributed by atoms with van der Waals surface area (Å²) in [5.74, 6) is 0.881. The van der Waals surface area contributed by atoms with Crippen molar-refractivity contribution in [2.45, 2.75) is 45.6 Å². The van der Waals surface area contributed by atoms with E-state index in [1.807, 2.05) is 26.0 Å². The summed E-state index contributed by atoms with van der Waals surface area (Å²) in [6, 6.07) is 5.76. The molecule has 0 atom stereocenters. The van der Waals surface area contributed by atoms with E-state index in [2.05, 4.69) is 21.2 Å². The van der Waals surface area contributed by atoms with Crippen molar-refractivity contribution in [2.24, 2.45) is 0 Å². The molecule has 25 heavy (non-hydrogen) atoms. The van der Waals surface area contributed by atoms with Crippen molar-refractivity contribution in [2.75, 3.05) is 13.2 Å². The van der Waals surface area contributed by atoms with Gasteiger partial charge in [-0.25, -0.2) is 0 Å². The molecule has 1 fully saturated rings. The molecule has 0 aromatic heterocycles. The maximum Gasteiger partial charge on any atom is 0.262 e. The van der Waals surface area contributed by atoms with Crippen LogP contribution in [-0.4, -0.2) is 25.2 Å². The van der Waals surface area contributed by atoms with Gasteiger partial charge < -0.3 is 14.8 Å². The van der Waals surface area contributed by atoms with E-state index < -0.39 is 0 Å². The Morgan fingerprint density at radius 1 is 1.32 bits per heavy atom. The molecular weight excluding hydrogens is 384 g/mol. The van der Waals surface area contributed by atoms with Gasteiger partial charge in [0, 0.05) is 6.04 Å². The Kier molecular flexibility index (Phi) is 7.32. The first-order valence-corrected chi connectivity index (χ1v) is 9.40. The van der Waals surface area contributed by atoms with Crippen LogP contribution < -0.4 is 14.8 Å². The van der Waals surface area contributed by atoms with Crippen molar-refractivity contribution in [1.29, 1.82) is 5.26 Å². The van der Waals surface area contributed by atoms with Gasteiger partial charge in [-0.1, -0.05) is 12.8 Å². The lowest BCUT2D eigenvalue weighted by molar-refractivity contribution is -0.117. The number of hydrogen-bond donors (Lipinski definition) is 1. The van der Waals surface area contributed by atoms with Gasteiger partial charge in [0.15, 0.2) is 11.5 Å². The molecule has 0 radical (unpaired) electrons. The molecule has 6 heteroatoms. The van der Waals surface area contributed by atoms with E-state index in [-0.39, 0.29) is 17.5 Å². The molecule has 1 aromatic rings. The SMILES string of the molecule is CCOc1cc(/C=C(/C#N)C(=O)NC2CCCC2)cc(Br)c1OCC. The third-order valence-electron chi connectivity index (χ3n) is 3.99. The minimum Gasteiger partial charge on any atom is -0.490 e. The molecule has 0 saturated heterocycles. The average Bonchev–Trinajstić information content (AvgIpc) is 3.09. The lowest BCUT2D eigenvalue weighted by Gasteiger charge is -2.14. The normalized spacial score (nSPS) is 14.9. The van der Waals surface area contributed by atoms with Gasteiger partial charge in [-0.15, -0.1) is 0 Å². The number of carbonyl (C=O) groups is 1. The summed E-state index contributed by atoms with van der Waals surface area (Å²) >= 11 is 3.47. The molecule has 1 N–H and O–H groups in total. The molecule has 2 rings (SSSR count). The van der Waals surface area contributed by atoms with E-state index in [0.717, 1.165) is 30.2 Å². The molecule has 1 aromatic carbocycles. The molecule has 0 heterocycles. The highest BCUT2D eigenvalue weighted by Crippen LogP contribution is 2.37. The van der Waals surface area contributed by atoms with Crippen LogP contribution in [0.3, 0.4) is 0 Å². The van der Waals surface area contributed by atoms with Crippen LogP contribution in [0.15, 0.2) is 22.2 Å². The third kappa shape index (κ3) is 5.23. The van der Waals surface area contributed by atoms with E-state index in [4.69, 9.17) is 9.47 Å². The maximum absolute atomic E-state index is 12.3. The quantitative estimate of drug-likeness (QED) is 0.543. The number of halogens is 1. The fourth-order valence-electron chi connectivity index (χ4n) is 2.87. The van der Waals surface area contributed by atoms with Gasteiger partial charge in [0.25, 0.3) is 5.91 Å². The Morgan fingerprint density at radius 2 is 2.00 bits per heavy atom. The molecule has 1 saturated carbocycles. The zero-order chi connectivity index (χ0) is 18.2. The van der Waals surface area contributed by atoms with Crippen LogP contribution in [0.2, 0.25) is 0 Å². The highest BCUT2D eigenvalue weighted by atomic mass is 79.9. The van der Waals surface area contributed by atoms with Crippen molar-refractivity contribution in [3.05, 3.63) is 27.7 Å². The van der Waals surface area contributed by atoms with Crippen LogP contribution in [-0.2, 0) is 4.79 Å². The molecular formula is C19H23BrN2O3. The fourth-order valence-corrected chi connectivity index (χ4v) is 3.44. The van der Waals surface area contributed by atoms with Crippen molar-refractivity contribution < 1.29 is 14.3 Å². The van der Waals surface area contributed by atoms with Crippen LogP contribution in [0.5, 0.6) is 11.5 Å². The van der Waals surface area contributed by atoms with Crippen LogP contribution in [0.1, 0.15) is 45.1 Å². The number of nitrogens with one attached hydrogen (secondary N) is 1. The summed E-state index contributed by atoms with van der Waals surface area (Å²) < 4.78 is 12.0. The van der Waals surface area contributed by atoms with Crippen molar-refractivity contribution >= 4 is 27.9 Å². The summed E-state index contributed by atoms with van der Waals surface area (Å²) in [5, 5.41) is 12.3. The number of benzene rings is 1. The Hall–Kier alpha value is -2.00. The standard InChI is InChI=1S/C19H23BrN2O3/c1-3-24-17-11-13(10-16(20)18(17)25-4-2)9-14(12-21)19(23)22-15-7-5-6-8-15/h9-11,15H,3-8H2,1-2H3,(H,22,23)/b14-9-. The number of rotatable bonds is 7. The van der Waals surface area contributed by atoms with Gasteiger partial charge >= 0.3 is 0 Å². The summed E-state index contributed by atoms with van der Waals surface area (Å²) in [5.41, 5.74) is 0.794. The Labute approximate surface area is 157 Å². The summed E-state index contributed by atoms with van der Waals surface area (Å²) in [6.45, 7) is 4.80. The van der Waals surface area contributed by atoms with E-state index >= 15 is 0 Å². The van der Waals surface area contributed by atoms with E-state index in [9.17, 15) is 10.1 Å². The topological polar surface area (TPSA) is 71.3 Å². The first kappa shape index (κ1) is 19.3. The lowest BCUT2D eigenvalue weighted by atomic mass is 10.1. The van der Waals surface area contributed by atoms with Crippen LogP contribution in [0.25, 0.3) is 6.08 Å². The van der Waals surface area contributed by atoms with Crippen molar-refractivity contribution in [3.8, 4) is 17.6 Å². The third-order valence-corrected chi connectivity index (χ3v) is 4.58. The average molecular weight is 407 g/mol. The van der Waals surface area contributed by atoms with Gasteiger partial charge in [-0.3, -0.25) is 4.79 Å². The van der Waals surface area contributed by atoms with Crippen LogP contribution in [0, 0.1) is 11.3 Å². The molecule has 1 aliphatic rings. The van der Waals surface area contributed by atoms with Crippen LogP contribution >= 0.6 is 15.9 Å². The van der Waals surface area contributed by atoms with Crippen molar-refractivity contribution in [1.82, 2.24) is 5.32 Å². The Bertz CT molecular complexity index is 689. The number of ether oxygens (including phenoxy) is 2. The van der Waals surface area contributed by atoms with Gasteiger partial charge in [-0.2, -0.15) is 5.26 Å². The zero-order valence-electron chi connectivity index (χ0n) is 14.6. The minimum absolute atomic E-state index is 0.0883. The van der Waals surface area contributed by atoms with E-state index in [1.165, 1.54) is 0 Å². The number of hydrogen-bond acceptors (Lipinski definition) is 4. The predicted molar refractivity (Wildman–Crippen MR) is 100 cm³/mol. The van der Waals surface area contributed by atoms with Gasteiger partial charge in [0.2, 0.25) is 0 Å². The monoisotopic (exact) mass is 406 g/mol. The molecule has 1 amide bonds. The number of carbonyl (C=O) groups excluding carboxylic acids is 1. The van der Waals surface area contributed by atoms with E-state index in [0.29, 0.717) is 30.3 Å². The van der Waals surface area contributed by atoms with Crippen molar-refractivity contribution in [3.63, 3.8) is 0 Å². The summed E-state index contributed by atoms with van der Waals surface area (Å²) in [7, 11) is 0. The number of nitriles is 1. The summed E-state index contributed by atoms with van der Waals surface area (Å²) in [4.78, 5) is 12.3. The van der Waals surface area contributed by atoms with Gasteiger partial charge in [0.1, 0.15) is 11.6 Å². The predicted octanol–water partition coefficient (Wildman–Crippen LogP) is 4.21. The highest BCUT2D eigenvalue weighted by Gasteiger charge is 2.19. The Morgan fingerprint density at radius 3 is 2.60 bits per heavy atom. The molecule has 0 spiro atoms. The molecule has 0 bridgehead atoms. The molecule has 1 aliphatic carbocycles. The Balaban J connectivity index is 2.26. The molecule has 0 unspecified atom stereocenters. The first-order valence-electron chi connectivity index (χ1n) is 8.60. The lowest BCUT2D eigenvalue weighted by Crippen LogP contribution is -2.33. The zero-order valence-corrected chi connectivity index (χ0v) is 16.2. The first-order chi connectivity index (χ1) is 12.1. The largest absolute Gasteiger partial charge is 0.490 e. The second kappa shape index (κ2) is 9.47. The molecule has 134 valence electrons. The molecule has 5 nitrogen and oxygen atoms in total. The van der Waals surface area contributed by atoms with Crippen LogP contribution in [0.4, 0.5) is 0 Å². The highest BCUT2D eigenvalue weighted by molar-refractivity contribution is 9.10.